The van der Waals surface area contributed by atoms with Crippen LogP contribution in [0, 0.1) is 19.8 Å². The molecule has 0 bridgehead atoms. The lowest BCUT2D eigenvalue weighted by Crippen LogP contribution is -2.03. The zero-order valence-corrected chi connectivity index (χ0v) is 9.71. The van der Waals surface area contributed by atoms with Gasteiger partial charge in [-0.05, 0) is 26.2 Å². The largest absolute Gasteiger partial charge is 0.294 e. The third-order valence-corrected chi connectivity index (χ3v) is 3.26. The highest BCUT2D eigenvalue weighted by Crippen LogP contribution is 2.34. The van der Waals surface area contributed by atoms with Crippen molar-refractivity contribution in [1.82, 2.24) is 9.78 Å². The lowest BCUT2D eigenvalue weighted by Gasteiger charge is -2.00. The Hall–Kier alpha value is -1.12. The maximum absolute atomic E-state index is 12.0. The summed E-state index contributed by atoms with van der Waals surface area (Å²) in [5.74, 6) is 1.09. The number of hydrogen-bond donors (Lipinski definition) is 0. The Labute approximate surface area is 90.5 Å². The SMILES string of the molecule is Cc1nn(C)c(C)c1C(=O)CCC1CC1. The summed E-state index contributed by atoms with van der Waals surface area (Å²) in [4.78, 5) is 12.0. The molecule has 1 heterocycles. The van der Waals surface area contributed by atoms with Crippen molar-refractivity contribution in [2.75, 3.05) is 0 Å². The first-order valence-corrected chi connectivity index (χ1v) is 5.63. The van der Waals surface area contributed by atoms with Gasteiger partial charge in [-0.1, -0.05) is 12.8 Å². The number of nitrogens with zero attached hydrogens (tertiary/aromatic N) is 2. The number of aryl methyl sites for hydroxylation is 2. The van der Waals surface area contributed by atoms with E-state index in [0.29, 0.717) is 6.42 Å². The van der Waals surface area contributed by atoms with Gasteiger partial charge in [-0.2, -0.15) is 5.10 Å². The van der Waals surface area contributed by atoms with Crippen LogP contribution in [0.5, 0.6) is 0 Å². The summed E-state index contributed by atoms with van der Waals surface area (Å²) in [7, 11) is 1.89. The maximum Gasteiger partial charge on any atom is 0.166 e. The molecule has 0 aliphatic heterocycles. The minimum atomic E-state index is 0.269. The van der Waals surface area contributed by atoms with Gasteiger partial charge in [-0.3, -0.25) is 9.48 Å². The van der Waals surface area contributed by atoms with E-state index in [0.717, 1.165) is 29.3 Å². The number of hydrogen-bond acceptors (Lipinski definition) is 2. The second kappa shape index (κ2) is 3.80. The van der Waals surface area contributed by atoms with Crippen molar-refractivity contribution in [3.8, 4) is 0 Å². The Morgan fingerprint density at radius 3 is 2.60 bits per heavy atom. The molecule has 1 fully saturated rings. The molecular formula is C12H18N2O. The van der Waals surface area contributed by atoms with E-state index in [4.69, 9.17) is 0 Å². The van der Waals surface area contributed by atoms with Crippen LogP contribution >= 0.6 is 0 Å². The van der Waals surface area contributed by atoms with Gasteiger partial charge in [0.25, 0.3) is 0 Å². The molecule has 0 amide bonds. The average molecular weight is 206 g/mol. The second-order valence-electron chi connectivity index (χ2n) is 4.57. The Morgan fingerprint density at radius 2 is 2.13 bits per heavy atom. The number of carbonyl (C=O) groups is 1. The molecule has 3 nitrogen and oxygen atoms in total. The minimum Gasteiger partial charge on any atom is -0.294 e. The Morgan fingerprint density at radius 1 is 1.47 bits per heavy atom. The topological polar surface area (TPSA) is 34.9 Å². The van der Waals surface area contributed by atoms with Crippen molar-refractivity contribution >= 4 is 5.78 Å². The van der Waals surface area contributed by atoms with Crippen molar-refractivity contribution in [2.24, 2.45) is 13.0 Å². The van der Waals surface area contributed by atoms with Crippen molar-refractivity contribution in [2.45, 2.75) is 39.5 Å². The van der Waals surface area contributed by atoms with E-state index >= 15 is 0 Å². The predicted molar refractivity (Wildman–Crippen MR) is 59.0 cm³/mol. The van der Waals surface area contributed by atoms with E-state index in [2.05, 4.69) is 5.10 Å². The normalized spacial score (nSPS) is 15.7. The zero-order valence-electron chi connectivity index (χ0n) is 9.71. The molecule has 82 valence electrons. The van der Waals surface area contributed by atoms with Crippen LogP contribution in [-0.4, -0.2) is 15.6 Å². The molecule has 15 heavy (non-hydrogen) atoms. The van der Waals surface area contributed by atoms with E-state index in [9.17, 15) is 4.79 Å². The monoisotopic (exact) mass is 206 g/mol. The van der Waals surface area contributed by atoms with Gasteiger partial charge in [0, 0.05) is 19.2 Å². The number of ketones is 1. The molecule has 0 radical (unpaired) electrons. The first-order valence-electron chi connectivity index (χ1n) is 5.63. The van der Waals surface area contributed by atoms with Gasteiger partial charge in [0.1, 0.15) is 0 Å². The lowest BCUT2D eigenvalue weighted by atomic mass is 10.0. The fourth-order valence-corrected chi connectivity index (χ4v) is 2.04. The molecule has 0 unspecified atom stereocenters. The van der Waals surface area contributed by atoms with Gasteiger partial charge in [-0.25, -0.2) is 0 Å². The number of rotatable bonds is 4. The second-order valence-corrected chi connectivity index (χ2v) is 4.57. The smallest absolute Gasteiger partial charge is 0.166 e. The van der Waals surface area contributed by atoms with Crippen molar-refractivity contribution in [1.29, 1.82) is 0 Å². The summed E-state index contributed by atoms with van der Waals surface area (Å²) in [6.07, 6.45) is 4.39. The molecule has 3 heteroatoms. The molecule has 0 aromatic carbocycles. The first kappa shape index (κ1) is 10.4. The van der Waals surface area contributed by atoms with Crippen molar-refractivity contribution in [3.05, 3.63) is 17.0 Å². The maximum atomic E-state index is 12.0. The summed E-state index contributed by atoms with van der Waals surface area (Å²) in [6.45, 7) is 3.88. The average Bonchev–Trinajstić information content (AvgIpc) is 2.94. The van der Waals surface area contributed by atoms with E-state index < -0.39 is 0 Å². The van der Waals surface area contributed by atoms with Crippen LogP contribution in [-0.2, 0) is 7.05 Å². The minimum absolute atomic E-state index is 0.269. The molecular weight excluding hydrogens is 188 g/mol. The number of Topliss-reactive ketones (excluding diaryl/α,β-unsaturated/α-hetero) is 1. The quantitative estimate of drug-likeness (QED) is 0.709. The van der Waals surface area contributed by atoms with Gasteiger partial charge >= 0.3 is 0 Å². The van der Waals surface area contributed by atoms with Crippen LogP contribution in [0.1, 0.15) is 47.4 Å². The van der Waals surface area contributed by atoms with Gasteiger partial charge < -0.3 is 0 Å². The van der Waals surface area contributed by atoms with E-state index in [1.165, 1.54) is 12.8 Å². The molecule has 2 rings (SSSR count). The van der Waals surface area contributed by atoms with Crippen molar-refractivity contribution < 1.29 is 4.79 Å². The van der Waals surface area contributed by atoms with Gasteiger partial charge in [0.2, 0.25) is 0 Å². The van der Waals surface area contributed by atoms with Crippen LogP contribution in [0.3, 0.4) is 0 Å². The van der Waals surface area contributed by atoms with E-state index in [1.807, 2.05) is 20.9 Å². The molecule has 0 saturated heterocycles. The zero-order chi connectivity index (χ0) is 11.0. The van der Waals surface area contributed by atoms with Crippen LogP contribution in [0.4, 0.5) is 0 Å². The van der Waals surface area contributed by atoms with E-state index in [1.54, 1.807) is 4.68 Å². The predicted octanol–water partition coefficient (Wildman–Crippen LogP) is 2.41. The van der Waals surface area contributed by atoms with Gasteiger partial charge in [-0.15, -0.1) is 0 Å². The molecule has 0 atom stereocenters. The highest BCUT2D eigenvalue weighted by molar-refractivity contribution is 5.98. The molecule has 0 spiro atoms. The van der Waals surface area contributed by atoms with Crippen molar-refractivity contribution in [3.63, 3.8) is 0 Å². The third kappa shape index (κ3) is 2.11. The summed E-state index contributed by atoms with van der Waals surface area (Å²) in [5, 5.41) is 4.27. The third-order valence-electron chi connectivity index (χ3n) is 3.26. The highest BCUT2D eigenvalue weighted by atomic mass is 16.1. The number of carbonyl (C=O) groups excluding carboxylic acids is 1. The fourth-order valence-electron chi connectivity index (χ4n) is 2.04. The molecule has 1 aliphatic carbocycles. The molecule has 1 aromatic heterocycles. The van der Waals surface area contributed by atoms with Gasteiger partial charge in [0.15, 0.2) is 5.78 Å². The van der Waals surface area contributed by atoms with Crippen LogP contribution in [0.2, 0.25) is 0 Å². The summed E-state index contributed by atoms with van der Waals surface area (Å²) in [5.41, 5.74) is 2.71. The Bertz CT molecular complexity index is 389. The molecule has 0 N–H and O–H groups in total. The lowest BCUT2D eigenvalue weighted by molar-refractivity contribution is 0.0977. The molecule has 1 saturated carbocycles. The summed E-state index contributed by atoms with van der Waals surface area (Å²) < 4.78 is 1.79. The summed E-state index contributed by atoms with van der Waals surface area (Å²) in [6, 6.07) is 0. The Balaban J connectivity index is 2.09. The van der Waals surface area contributed by atoms with Crippen LogP contribution in [0.25, 0.3) is 0 Å². The highest BCUT2D eigenvalue weighted by Gasteiger charge is 2.24. The van der Waals surface area contributed by atoms with Crippen LogP contribution < -0.4 is 0 Å². The first-order chi connectivity index (χ1) is 7.09. The summed E-state index contributed by atoms with van der Waals surface area (Å²) >= 11 is 0. The van der Waals surface area contributed by atoms with E-state index in [-0.39, 0.29) is 5.78 Å². The standard InChI is InChI=1S/C12H18N2O/c1-8-12(9(2)14(3)13-8)11(15)7-6-10-4-5-10/h10H,4-7H2,1-3H3. The fraction of sp³-hybridized carbons (Fsp3) is 0.667. The number of aromatic nitrogens is 2. The Kier molecular flexibility index (Phi) is 2.63. The molecule has 1 aliphatic rings. The van der Waals surface area contributed by atoms with Crippen LogP contribution in [0.15, 0.2) is 0 Å². The van der Waals surface area contributed by atoms with Gasteiger partial charge in [0.05, 0.1) is 11.3 Å². The molecule has 1 aromatic rings.